The maximum absolute atomic E-state index is 12.5. The van der Waals surface area contributed by atoms with Gasteiger partial charge in [0.2, 0.25) is 0 Å². The van der Waals surface area contributed by atoms with E-state index in [4.69, 9.17) is 29.4 Å². The van der Waals surface area contributed by atoms with Gasteiger partial charge in [0.05, 0.1) is 0 Å². The largest absolute Gasteiger partial charge is 0.508 e. The molecular weight excluding hydrogens is 494 g/mol. The van der Waals surface area contributed by atoms with Crippen molar-refractivity contribution in [1.29, 1.82) is 0 Å². The molecule has 0 aliphatic rings. The Hall–Kier alpha value is -3.14. The normalized spacial score (nSPS) is 13.4. The lowest BCUT2D eigenvalue weighted by atomic mass is 10.1. The van der Waals surface area contributed by atoms with Gasteiger partial charge >= 0.3 is 24.1 Å². The van der Waals surface area contributed by atoms with Crippen LogP contribution in [0.1, 0.15) is 79.7 Å². The van der Waals surface area contributed by atoms with Crippen molar-refractivity contribution in [1.82, 2.24) is 0 Å². The molecule has 0 heterocycles. The summed E-state index contributed by atoms with van der Waals surface area (Å²) in [6.07, 6.45) is 0.208. The van der Waals surface area contributed by atoms with Crippen molar-refractivity contribution in [2.75, 3.05) is 6.61 Å². The van der Waals surface area contributed by atoms with Gasteiger partial charge in [0.25, 0.3) is 0 Å². The predicted molar refractivity (Wildman–Crippen MR) is 141 cm³/mol. The van der Waals surface area contributed by atoms with E-state index in [0.717, 1.165) is 6.42 Å². The third kappa shape index (κ3) is 13.4. The number of carbonyl (C=O) groups excluding carboxylic acids is 4. The van der Waals surface area contributed by atoms with Crippen LogP contribution in [0.15, 0.2) is 18.2 Å². The fourth-order valence-corrected chi connectivity index (χ4v) is 3.34. The van der Waals surface area contributed by atoms with Crippen molar-refractivity contribution in [3.8, 4) is 11.5 Å². The maximum Gasteiger partial charge on any atom is 0.508 e. The zero-order valence-electron chi connectivity index (χ0n) is 23.6. The van der Waals surface area contributed by atoms with Gasteiger partial charge in [0.1, 0.15) is 24.9 Å². The molecule has 3 atom stereocenters. The second-order valence-corrected chi connectivity index (χ2v) is 10.3. The van der Waals surface area contributed by atoms with Gasteiger partial charge in [-0.2, -0.15) is 0 Å². The number of benzene rings is 1. The second kappa shape index (κ2) is 16.7. The Morgan fingerprint density at radius 3 is 1.95 bits per heavy atom. The van der Waals surface area contributed by atoms with Crippen LogP contribution in [0.2, 0.25) is 0 Å². The molecule has 0 saturated heterocycles. The quantitative estimate of drug-likeness (QED) is 0.246. The Kier molecular flexibility index (Phi) is 14.4. The summed E-state index contributed by atoms with van der Waals surface area (Å²) in [6, 6.07) is 3.61. The van der Waals surface area contributed by atoms with Gasteiger partial charge in [0, 0.05) is 12.8 Å². The minimum absolute atomic E-state index is 0.0674. The number of ether oxygens (including phenoxy) is 5. The lowest BCUT2D eigenvalue weighted by molar-refractivity contribution is -0.152. The SMILES string of the molecule is CCCC(C)OC(=O)OC[C@H](C)OC(=O)[C@@H](N)Cc1ccc(OC(=O)CC(C)C)c(OC(=O)CC(C)C)c1. The molecule has 0 spiro atoms. The fraction of sp³-hybridized carbons (Fsp3) is 0.643. The van der Waals surface area contributed by atoms with Gasteiger partial charge in [-0.1, -0.05) is 47.1 Å². The van der Waals surface area contributed by atoms with Crippen LogP contribution in [0.25, 0.3) is 0 Å². The van der Waals surface area contributed by atoms with E-state index >= 15 is 0 Å². The number of nitrogens with two attached hydrogens (primary N) is 1. The molecule has 10 heteroatoms. The van der Waals surface area contributed by atoms with Crippen LogP contribution in [0.5, 0.6) is 11.5 Å². The van der Waals surface area contributed by atoms with E-state index < -0.39 is 36.2 Å². The molecular formula is C28H43NO9. The molecule has 0 radical (unpaired) electrons. The minimum atomic E-state index is -1.04. The van der Waals surface area contributed by atoms with Gasteiger partial charge in [0.15, 0.2) is 11.5 Å². The van der Waals surface area contributed by atoms with E-state index in [1.807, 2.05) is 34.6 Å². The molecule has 10 nitrogen and oxygen atoms in total. The highest BCUT2D eigenvalue weighted by Crippen LogP contribution is 2.30. The summed E-state index contributed by atoms with van der Waals surface area (Å²) in [5, 5.41) is 0. The first kappa shape index (κ1) is 32.9. The van der Waals surface area contributed by atoms with Gasteiger partial charge in [-0.3, -0.25) is 14.4 Å². The summed E-state index contributed by atoms with van der Waals surface area (Å²) in [5.74, 6) is -1.26. The molecule has 0 amide bonds. The molecule has 0 bridgehead atoms. The molecule has 1 unspecified atom stereocenters. The Labute approximate surface area is 225 Å². The van der Waals surface area contributed by atoms with Crippen molar-refractivity contribution in [3.05, 3.63) is 23.8 Å². The molecule has 38 heavy (non-hydrogen) atoms. The van der Waals surface area contributed by atoms with Crippen LogP contribution in [0, 0.1) is 11.8 Å². The molecule has 0 aromatic heterocycles. The first-order valence-electron chi connectivity index (χ1n) is 13.1. The monoisotopic (exact) mass is 537 g/mol. The predicted octanol–water partition coefficient (Wildman–Crippen LogP) is 4.73. The number of esters is 3. The Morgan fingerprint density at radius 2 is 1.39 bits per heavy atom. The summed E-state index contributed by atoms with van der Waals surface area (Å²) in [7, 11) is 0. The van der Waals surface area contributed by atoms with E-state index in [1.54, 1.807) is 19.9 Å². The molecule has 0 aliphatic heterocycles. The maximum atomic E-state index is 12.5. The Morgan fingerprint density at radius 1 is 0.816 bits per heavy atom. The highest BCUT2D eigenvalue weighted by Gasteiger charge is 2.22. The fourth-order valence-electron chi connectivity index (χ4n) is 3.34. The highest BCUT2D eigenvalue weighted by atomic mass is 16.7. The number of hydrogen-bond acceptors (Lipinski definition) is 10. The van der Waals surface area contributed by atoms with Crippen molar-refractivity contribution < 1.29 is 42.9 Å². The molecule has 0 aliphatic carbocycles. The van der Waals surface area contributed by atoms with E-state index in [9.17, 15) is 19.2 Å². The summed E-state index contributed by atoms with van der Waals surface area (Å²) < 4.78 is 26.3. The molecule has 0 fully saturated rings. The Bertz CT molecular complexity index is 929. The van der Waals surface area contributed by atoms with Crippen LogP contribution in [-0.4, -0.2) is 48.9 Å². The van der Waals surface area contributed by atoms with Crippen LogP contribution >= 0.6 is 0 Å². The highest BCUT2D eigenvalue weighted by molar-refractivity contribution is 5.77. The molecule has 1 rings (SSSR count). The van der Waals surface area contributed by atoms with E-state index in [1.165, 1.54) is 12.1 Å². The number of rotatable bonds is 15. The average molecular weight is 538 g/mol. The van der Waals surface area contributed by atoms with Crippen LogP contribution < -0.4 is 15.2 Å². The number of carbonyl (C=O) groups is 4. The summed E-state index contributed by atoms with van der Waals surface area (Å²) in [6.45, 7) is 12.7. The first-order chi connectivity index (χ1) is 17.8. The van der Waals surface area contributed by atoms with E-state index in [-0.39, 0.29) is 55.3 Å². The van der Waals surface area contributed by atoms with Gasteiger partial charge < -0.3 is 29.4 Å². The van der Waals surface area contributed by atoms with E-state index in [2.05, 4.69) is 0 Å². The van der Waals surface area contributed by atoms with Crippen molar-refractivity contribution in [2.45, 2.75) is 98.8 Å². The lowest BCUT2D eigenvalue weighted by Crippen LogP contribution is -2.37. The zero-order chi connectivity index (χ0) is 28.8. The van der Waals surface area contributed by atoms with Crippen LogP contribution in [0.4, 0.5) is 4.79 Å². The standard InChI is InChI=1S/C28H43NO9/c1-8-9-19(6)36-28(33)34-16-20(7)35-27(32)22(29)14-21-10-11-23(37-25(30)12-17(2)3)24(15-21)38-26(31)13-18(4)5/h10-11,15,17-20,22H,8-9,12-14,16,29H2,1-7H3/t19?,20-,22-/m0/s1. The number of hydrogen-bond donors (Lipinski definition) is 1. The molecule has 1 aromatic rings. The molecule has 0 saturated carbocycles. The van der Waals surface area contributed by atoms with Crippen LogP contribution in [0.3, 0.4) is 0 Å². The smallest absolute Gasteiger partial charge is 0.458 e. The van der Waals surface area contributed by atoms with Crippen molar-refractivity contribution in [3.63, 3.8) is 0 Å². The summed E-state index contributed by atoms with van der Waals surface area (Å²) in [4.78, 5) is 48.7. The third-order valence-electron chi connectivity index (χ3n) is 5.11. The van der Waals surface area contributed by atoms with Gasteiger partial charge in [-0.15, -0.1) is 0 Å². The molecule has 214 valence electrons. The van der Waals surface area contributed by atoms with Crippen LogP contribution in [-0.2, 0) is 35.0 Å². The van der Waals surface area contributed by atoms with Crippen molar-refractivity contribution >= 4 is 24.1 Å². The Balaban J connectivity index is 2.80. The first-order valence-corrected chi connectivity index (χ1v) is 13.1. The summed E-state index contributed by atoms with van der Waals surface area (Å²) >= 11 is 0. The van der Waals surface area contributed by atoms with E-state index in [0.29, 0.717) is 12.0 Å². The summed E-state index contributed by atoms with van der Waals surface area (Å²) in [5.41, 5.74) is 6.62. The van der Waals surface area contributed by atoms with Crippen molar-refractivity contribution in [2.24, 2.45) is 17.6 Å². The van der Waals surface area contributed by atoms with Gasteiger partial charge in [-0.25, -0.2) is 4.79 Å². The molecule has 1 aromatic carbocycles. The second-order valence-electron chi connectivity index (χ2n) is 10.3. The minimum Gasteiger partial charge on any atom is -0.458 e. The third-order valence-corrected chi connectivity index (χ3v) is 5.11. The molecule has 2 N–H and O–H groups in total. The zero-order valence-corrected chi connectivity index (χ0v) is 23.6. The lowest BCUT2D eigenvalue weighted by Gasteiger charge is -2.18. The average Bonchev–Trinajstić information content (AvgIpc) is 2.78. The topological polar surface area (TPSA) is 140 Å². The van der Waals surface area contributed by atoms with Gasteiger partial charge in [-0.05, 0) is 56.2 Å².